The first-order valence-electron chi connectivity index (χ1n) is 6.73. The second-order valence-electron chi connectivity index (χ2n) is 4.59. The number of nitrogens with zero attached hydrogens (tertiary/aromatic N) is 1. The predicted octanol–water partition coefficient (Wildman–Crippen LogP) is 3.96. The quantitative estimate of drug-likeness (QED) is 0.742. The molecule has 0 unspecified atom stereocenters. The van der Waals surface area contributed by atoms with E-state index in [-0.39, 0.29) is 5.91 Å². The Morgan fingerprint density at radius 2 is 2.05 bits per heavy atom. The minimum Gasteiger partial charge on any atom is -0.497 e. The van der Waals surface area contributed by atoms with Crippen LogP contribution in [-0.2, 0) is 4.79 Å². The molecule has 0 fully saturated rings. The molecule has 3 aromatic rings. The third-order valence-electron chi connectivity index (χ3n) is 3.05. The van der Waals surface area contributed by atoms with Gasteiger partial charge in [0.2, 0.25) is 5.91 Å². The number of hydrogen-bond donors (Lipinski definition) is 1. The molecule has 4 nitrogen and oxygen atoms in total. The van der Waals surface area contributed by atoms with Crippen molar-refractivity contribution in [1.29, 1.82) is 0 Å². The van der Waals surface area contributed by atoms with Crippen LogP contribution < -0.4 is 10.1 Å². The largest absolute Gasteiger partial charge is 0.497 e. The molecule has 1 amide bonds. The number of rotatable bonds is 4. The van der Waals surface area contributed by atoms with Crippen LogP contribution in [0.1, 0.15) is 5.56 Å². The average Bonchev–Trinajstić information content (AvgIpc) is 2.95. The summed E-state index contributed by atoms with van der Waals surface area (Å²) in [6, 6.07) is 15.3. The summed E-state index contributed by atoms with van der Waals surface area (Å²) in [5, 5.41) is 3.35. The molecule has 1 N–H and O–H groups in total. The number of anilines is 1. The zero-order valence-electron chi connectivity index (χ0n) is 11.9. The van der Waals surface area contributed by atoms with E-state index >= 15 is 0 Å². The summed E-state index contributed by atoms with van der Waals surface area (Å²) in [4.78, 5) is 16.3. The van der Waals surface area contributed by atoms with Crippen molar-refractivity contribution in [3.05, 3.63) is 60.2 Å². The average molecular weight is 310 g/mol. The molecule has 1 aromatic heterocycles. The predicted molar refractivity (Wildman–Crippen MR) is 90.3 cm³/mol. The van der Waals surface area contributed by atoms with Crippen molar-refractivity contribution < 1.29 is 9.53 Å². The Morgan fingerprint density at radius 3 is 2.82 bits per heavy atom. The van der Waals surface area contributed by atoms with Crippen LogP contribution >= 0.6 is 11.3 Å². The molecular weight excluding hydrogens is 296 g/mol. The minimum absolute atomic E-state index is 0.199. The molecule has 1 heterocycles. The van der Waals surface area contributed by atoms with Gasteiger partial charge in [0.05, 0.1) is 17.3 Å². The molecule has 0 aliphatic carbocycles. The number of thiazole rings is 1. The number of carbonyl (C=O) groups is 1. The Bertz CT molecular complexity index is 825. The van der Waals surface area contributed by atoms with Gasteiger partial charge in [0.1, 0.15) is 5.75 Å². The van der Waals surface area contributed by atoms with Crippen molar-refractivity contribution in [3.63, 3.8) is 0 Å². The van der Waals surface area contributed by atoms with Crippen molar-refractivity contribution in [1.82, 2.24) is 4.98 Å². The van der Waals surface area contributed by atoms with Gasteiger partial charge in [-0.2, -0.15) is 0 Å². The number of amides is 1. The topological polar surface area (TPSA) is 51.2 Å². The Balaban J connectivity index is 1.72. The van der Waals surface area contributed by atoms with Gasteiger partial charge in [-0.05, 0) is 23.8 Å². The lowest BCUT2D eigenvalue weighted by Crippen LogP contribution is -2.07. The van der Waals surface area contributed by atoms with E-state index in [1.165, 1.54) is 17.4 Å². The van der Waals surface area contributed by atoms with E-state index in [4.69, 9.17) is 4.74 Å². The summed E-state index contributed by atoms with van der Waals surface area (Å²) < 4.78 is 6.17. The Labute approximate surface area is 132 Å². The third kappa shape index (κ3) is 3.32. The van der Waals surface area contributed by atoms with Gasteiger partial charge in [-0.3, -0.25) is 10.1 Å². The van der Waals surface area contributed by atoms with Crippen molar-refractivity contribution in [2.24, 2.45) is 0 Å². The maximum atomic E-state index is 11.9. The van der Waals surface area contributed by atoms with Crippen molar-refractivity contribution >= 4 is 38.7 Å². The van der Waals surface area contributed by atoms with Gasteiger partial charge >= 0.3 is 0 Å². The molecule has 2 aromatic carbocycles. The van der Waals surface area contributed by atoms with Crippen LogP contribution in [0.5, 0.6) is 5.75 Å². The molecular formula is C17H14N2O2S. The highest BCUT2D eigenvalue weighted by atomic mass is 32.1. The molecule has 0 aliphatic rings. The minimum atomic E-state index is -0.199. The lowest BCUT2D eigenvalue weighted by molar-refractivity contribution is -0.111. The molecule has 0 saturated carbocycles. The van der Waals surface area contributed by atoms with Gasteiger partial charge < -0.3 is 4.74 Å². The van der Waals surface area contributed by atoms with Crippen molar-refractivity contribution in [2.75, 3.05) is 12.4 Å². The van der Waals surface area contributed by atoms with Gasteiger partial charge in [0.15, 0.2) is 5.13 Å². The van der Waals surface area contributed by atoms with Crippen molar-refractivity contribution in [3.8, 4) is 5.75 Å². The standard InChI is InChI=1S/C17H14N2O2S/c1-21-13-8-9-15-14(11-13)18-17(22-15)19-16(20)10-7-12-5-3-2-4-6-12/h2-11H,1H3,(H,18,19,20). The van der Waals surface area contributed by atoms with Gasteiger partial charge in [0, 0.05) is 12.1 Å². The number of carbonyl (C=O) groups excluding carboxylic acids is 1. The zero-order valence-corrected chi connectivity index (χ0v) is 12.8. The normalized spacial score (nSPS) is 11.0. The summed E-state index contributed by atoms with van der Waals surface area (Å²) in [6.45, 7) is 0. The molecule has 0 bridgehead atoms. The van der Waals surface area contributed by atoms with Gasteiger partial charge in [-0.1, -0.05) is 41.7 Å². The van der Waals surface area contributed by atoms with E-state index in [0.717, 1.165) is 21.5 Å². The fourth-order valence-electron chi connectivity index (χ4n) is 1.97. The Kier molecular flexibility index (Phi) is 4.16. The maximum absolute atomic E-state index is 11.9. The van der Waals surface area contributed by atoms with E-state index in [1.807, 2.05) is 48.5 Å². The van der Waals surface area contributed by atoms with Crippen LogP contribution in [-0.4, -0.2) is 18.0 Å². The number of hydrogen-bond acceptors (Lipinski definition) is 4. The first-order chi connectivity index (χ1) is 10.7. The third-order valence-corrected chi connectivity index (χ3v) is 4.00. The second-order valence-corrected chi connectivity index (χ2v) is 5.62. The monoisotopic (exact) mass is 310 g/mol. The number of ether oxygens (including phenoxy) is 1. The highest BCUT2D eigenvalue weighted by molar-refractivity contribution is 7.22. The van der Waals surface area contributed by atoms with E-state index in [9.17, 15) is 4.79 Å². The lowest BCUT2D eigenvalue weighted by atomic mass is 10.2. The Morgan fingerprint density at radius 1 is 1.23 bits per heavy atom. The zero-order chi connectivity index (χ0) is 15.4. The number of fused-ring (bicyclic) bond motifs is 1. The lowest BCUT2D eigenvalue weighted by Gasteiger charge is -1.96. The number of nitrogens with one attached hydrogen (secondary N) is 1. The van der Waals surface area contributed by atoms with E-state index in [0.29, 0.717) is 5.13 Å². The van der Waals surface area contributed by atoms with Crippen molar-refractivity contribution in [2.45, 2.75) is 0 Å². The van der Waals surface area contributed by atoms with Crippen LogP contribution in [0.4, 0.5) is 5.13 Å². The molecule has 5 heteroatoms. The first kappa shape index (κ1) is 14.3. The highest BCUT2D eigenvalue weighted by Crippen LogP contribution is 2.28. The van der Waals surface area contributed by atoms with Crippen LogP contribution in [0.25, 0.3) is 16.3 Å². The van der Waals surface area contributed by atoms with Crippen LogP contribution in [0.2, 0.25) is 0 Å². The van der Waals surface area contributed by atoms with Gasteiger partial charge in [-0.15, -0.1) is 0 Å². The van der Waals surface area contributed by atoms with Crippen LogP contribution in [0.3, 0.4) is 0 Å². The molecule has 3 rings (SSSR count). The SMILES string of the molecule is COc1ccc2sc(NC(=O)C=Cc3ccccc3)nc2c1. The number of methoxy groups -OCH3 is 1. The van der Waals surface area contributed by atoms with E-state index in [1.54, 1.807) is 13.2 Å². The summed E-state index contributed by atoms with van der Waals surface area (Å²) in [6.07, 6.45) is 3.27. The van der Waals surface area contributed by atoms with Gasteiger partial charge in [0.25, 0.3) is 0 Å². The molecule has 0 saturated heterocycles. The second kappa shape index (κ2) is 6.41. The molecule has 0 spiro atoms. The summed E-state index contributed by atoms with van der Waals surface area (Å²) in [5.74, 6) is 0.550. The van der Waals surface area contributed by atoms with Gasteiger partial charge in [-0.25, -0.2) is 4.98 Å². The van der Waals surface area contributed by atoms with Crippen LogP contribution in [0, 0.1) is 0 Å². The van der Waals surface area contributed by atoms with Crippen LogP contribution in [0.15, 0.2) is 54.6 Å². The highest BCUT2D eigenvalue weighted by Gasteiger charge is 2.06. The number of aromatic nitrogens is 1. The first-order valence-corrected chi connectivity index (χ1v) is 7.55. The van der Waals surface area contributed by atoms with E-state index in [2.05, 4.69) is 10.3 Å². The summed E-state index contributed by atoms with van der Waals surface area (Å²) >= 11 is 1.43. The fourth-order valence-corrected chi connectivity index (χ4v) is 2.82. The molecule has 110 valence electrons. The smallest absolute Gasteiger partial charge is 0.250 e. The summed E-state index contributed by atoms with van der Waals surface area (Å²) in [7, 11) is 1.62. The molecule has 0 atom stereocenters. The number of benzene rings is 2. The molecule has 22 heavy (non-hydrogen) atoms. The summed E-state index contributed by atoms with van der Waals surface area (Å²) in [5.41, 5.74) is 1.79. The fraction of sp³-hybridized carbons (Fsp3) is 0.0588. The maximum Gasteiger partial charge on any atom is 0.250 e. The Hall–Kier alpha value is -2.66. The van der Waals surface area contributed by atoms with E-state index < -0.39 is 0 Å². The molecule has 0 radical (unpaired) electrons. The molecule has 0 aliphatic heterocycles.